The molecule has 122 valence electrons. The fourth-order valence-electron chi connectivity index (χ4n) is 3.09. The van der Waals surface area contributed by atoms with Gasteiger partial charge >= 0.3 is 12.1 Å². The molecule has 0 fully saturated rings. The van der Waals surface area contributed by atoms with E-state index in [1.807, 2.05) is 0 Å². The van der Waals surface area contributed by atoms with Gasteiger partial charge in [0.25, 0.3) is 0 Å². The molecule has 0 saturated carbocycles. The summed E-state index contributed by atoms with van der Waals surface area (Å²) in [6, 6.07) is 4.91. The summed E-state index contributed by atoms with van der Waals surface area (Å²) in [4.78, 5) is 15.0. The van der Waals surface area contributed by atoms with Crippen molar-refractivity contribution < 1.29 is 23.1 Å². The van der Waals surface area contributed by atoms with Gasteiger partial charge in [-0.2, -0.15) is 18.3 Å². The van der Waals surface area contributed by atoms with Crippen LogP contribution in [0, 0.1) is 0 Å². The summed E-state index contributed by atoms with van der Waals surface area (Å²) in [5.74, 6) is -1.48. The summed E-state index contributed by atoms with van der Waals surface area (Å²) >= 11 is 0. The van der Waals surface area contributed by atoms with Gasteiger partial charge in [0.15, 0.2) is 11.5 Å². The van der Waals surface area contributed by atoms with Crippen molar-refractivity contribution in [1.29, 1.82) is 0 Å². The molecule has 0 radical (unpaired) electrons. The van der Waals surface area contributed by atoms with Gasteiger partial charge in [-0.1, -0.05) is 6.07 Å². The number of aliphatic carboxylic acids is 1. The van der Waals surface area contributed by atoms with Crippen LogP contribution in [0.1, 0.15) is 42.1 Å². The van der Waals surface area contributed by atoms with Gasteiger partial charge < -0.3 is 5.11 Å². The number of nitrogens with zero attached hydrogens (tertiary/aromatic N) is 3. The molecule has 1 aliphatic carbocycles. The fraction of sp³-hybridized carbons (Fsp3) is 0.400. The number of carboxylic acid groups (broad SMARTS) is 1. The Bertz CT molecular complexity index is 726. The lowest BCUT2D eigenvalue weighted by Crippen LogP contribution is -2.18. The first kappa shape index (κ1) is 15.5. The number of hydrogen-bond donors (Lipinski definition) is 1. The molecule has 1 aliphatic rings. The zero-order chi connectivity index (χ0) is 16.6. The number of fused-ring (bicyclic) bond motifs is 1. The molecule has 1 unspecified atom stereocenters. The molecule has 0 spiro atoms. The Kier molecular flexibility index (Phi) is 3.83. The van der Waals surface area contributed by atoms with Gasteiger partial charge in [0, 0.05) is 11.8 Å². The monoisotopic (exact) mass is 325 g/mol. The van der Waals surface area contributed by atoms with Gasteiger partial charge in [-0.05, 0) is 37.3 Å². The summed E-state index contributed by atoms with van der Waals surface area (Å²) < 4.78 is 41.3. The van der Waals surface area contributed by atoms with Crippen LogP contribution in [0.25, 0.3) is 5.82 Å². The van der Waals surface area contributed by atoms with Crippen LogP contribution in [0.5, 0.6) is 0 Å². The lowest BCUT2D eigenvalue weighted by Gasteiger charge is -2.23. The lowest BCUT2D eigenvalue weighted by molar-refractivity contribution is -0.143. The molecule has 0 aliphatic heterocycles. The highest BCUT2D eigenvalue weighted by molar-refractivity contribution is 5.68. The van der Waals surface area contributed by atoms with Crippen LogP contribution in [0.4, 0.5) is 13.2 Å². The van der Waals surface area contributed by atoms with E-state index < -0.39 is 23.8 Å². The molecule has 5 nitrogen and oxygen atoms in total. The maximum Gasteiger partial charge on any atom is 0.435 e. The molecule has 2 heterocycles. The summed E-state index contributed by atoms with van der Waals surface area (Å²) in [5.41, 5.74) is -0.575. The van der Waals surface area contributed by atoms with Crippen LogP contribution in [0.15, 0.2) is 24.4 Å². The molecular formula is C15H14F3N3O2. The zero-order valence-electron chi connectivity index (χ0n) is 12.0. The topological polar surface area (TPSA) is 68.0 Å². The minimum atomic E-state index is -4.63. The predicted molar refractivity (Wildman–Crippen MR) is 74.3 cm³/mol. The Balaban J connectivity index is 2.18. The highest BCUT2D eigenvalue weighted by atomic mass is 19.4. The minimum Gasteiger partial charge on any atom is -0.481 e. The van der Waals surface area contributed by atoms with Crippen LogP contribution in [-0.4, -0.2) is 25.8 Å². The number of hydrogen-bond acceptors (Lipinski definition) is 3. The molecule has 2 aromatic rings. The molecular weight excluding hydrogens is 311 g/mol. The standard InChI is InChI=1S/C15H14F3N3O2/c16-15(17,18)14-13-9(8-12(22)23)4-3-5-10(13)21(20-14)11-6-1-2-7-19-11/h1-2,6-7,9H,3-5,8H2,(H,22,23). The molecule has 0 aromatic carbocycles. The van der Waals surface area contributed by atoms with Gasteiger partial charge in [0.05, 0.1) is 12.1 Å². The first-order valence-corrected chi connectivity index (χ1v) is 7.20. The maximum absolute atomic E-state index is 13.4. The third-order valence-corrected chi connectivity index (χ3v) is 3.95. The van der Waals surface area contributed by atoms with E-state index in [1.54, 1.807) is 18.2 Å². The molecule has 1 N–H and O–H groups in total. The summed E-state index contributed by atoms with van der Waals surface area (Å²) in [5, 5.41) is 12.7. The summed E-state index contributed by atoms with van der Waals surface area (Å²) in [6.45, 7) is 0. The number of carboxylic acids is 1. The van der Waals surface area contributed by atoms with Crippen molar-refractivity contribution in [2.75, 3.05) is 0 Å². The van der Waals surface area contributed by atoms with Crippen LogP contribution in [-0.2, 0) is 17.4 Å². The number of alkyl halides is 3. The first-order valence-electron chi connectivity index (χ1n) is 7.20. The zero-order valence-corrected chi connectivity index (χ0v) is 12.0. The lowest BCUT2D eigenvalue weighted by atomic mass is 9.83. The average molecular weight is 325 g/mol. The Morgan fingerprint density at radius 3 is 2.78 bits per heavy atom. The van der Waals surface area contributed by atoms with Gasteiger partial charge in [0.1, 0.15) is 0 Å². The normalized spacial score (nSPS) is 17.8. The number of pyridine rings is 1. The van der Waals surface area contributed by atoms with E-state index in [1.165, 1.54) is 10.9 Å². The summed E-state index contributed by atoms with van der Waals surface area (Å²) in [6.07, 6.45) is -2.02. The minimum absolute atomic E-state index is 0.0109. The van der Waals surface area contributed by atoms with Crippen molar-refractivity contribution >= 4 is 5.97 Å². The van der Waals surface area contributed by atoms with Crippen LogP contribution >= 0.6 is 0 Å². The van der Waals surface area contributed by atoms with Crippen molar-refractivity contribution in [3.63, 3.8) is 0 Å². The second kappa shape index (κ2) is 5.68. The fourth-order valence-corrected chi connectivity index (χ4v) is 3.09. The van der Waals surface area contributed by atoms with Crippen molar-refractivity contribution in [1.82, 2.24) is 14.8 Å². The Labute approximate surface area is 129 Å². The van der Waals surface area contributed by atoms with E-state index in [0.29, 0.717) is 30.8 Å². The van der Waals surface area contributed by atoms with Crippen molar-refractivity contribution in [3.05, 3.63) is 41.3 Å². The van der Waals surface area contributed by atoms with Crippen LogP contribution < -0.4 is 0 Å². The number of aromatic nitrogens is 3. The summed E-state index contributed by atoms with van der Waals surface area (Å²) in [7, 11) is 0. The molecule has 3 rings (SSSR count). The Morgan fingerprint density at radius 1 is 1.39 bits per heavy atom. The highest BCUT2D eigenvalue weighted by Gasteiger charge is 2.43. The van der Waals surface area contributed by atoms with Crippen LogP contribution in [0.2, 0.25) is 0 Å². The maximum atomic E-state index is 13.4. The van der Waals surface area contributed by atoms with E-state index in [-0.39, 0.29) is 12.0 Å². The van der Waals surface area contributed by atoms with Crippen molar-refractivity contribution in [3.8, 4) is 5.82 Å². The SMILES string of the molecule is O=C(O)CC1CCCc2c1c(C(F)(F)F)nn2-c1ccccn1. The highest BCUT2D eigenvalue weighted by Crippen LogP contribution is 2.43. The van der Waals surface area contributed by atoms with E-state index in [2.05, 4.69) is 10.1 Å². The van der Waals surface area contributed by atoms with Crippen LogP contribution in [0.3, 0.4) is 0 Å². The molecule has 23 heavy (non-hydrogen) atoms. The second-order valence-corrected chi connectivity index (χ2v) is 5.49. The molecule has 1 atom stereocenters. The average Bonchev–Trinajstić information content (AvgIpc) is 2.88. The van der Waals surface area contributed by atoms with E-state index in [4.69, 9.17) is 5.11 Å². The Morgan fingerprint density at radius 2 is 2.17 bits per heavy atom. The smallest absolute Gasteiger partial charge is 0.435 e. The molecule has 0 bridgehead atoms. The van der Waals surface area contributed by atoms with Gasteiger partial charge in [-0.25, -0.2) is 9.67 Å². The quantitative estimate of drug-likeness (QED) is 0.941. The van der Waals surface area contributed by atoms with Crippen molar-refractivity contribution in [2.24, 2.45) is 0 Å². The van der Waals surface area contributed by atoms with E-state index in [0.717, 1.165) is 0 Å². The van der Waals surface area contributed by atoms with Gasteiger partial charge in [0.2, 0.25) is 0 Å². The van der Waals surface area contributed by atoms with E-state index >= 15 is 0 Å². The second-order valence-electron chi connectivity index (χ2n) is 5.49. The third-order valence-electron chi connectivity index (χ3n) is 3.95. The van der Waals surface area contributed by atoms with Crippen molar-refractivity contribution in [2.45, 2.75) is 37.8 Å². The molecule has 0 saturated heterocycles. The van der Waals surface area contributed by atoms with Gasteiger partial charge in [-0.3, -0.25) is 4.79 Å². The molecule has 0 amide bonds. The number of rotatable bonds is 3. The van der Waals surface area contributed by atoms with E-state index in [9.17, 15) is 18.0 Å². The largest absolute Gasteiger partial charge is 0.481 e. The predicted octanol–water partition coefficient (Wildman–Crippen LogP) is 3.18. The number of carbonyl (C=O) groups is 1. The Hall–Kier alpha value is -2.38. The molecule has 2 aromatic heterocycles. The first-order chi connectivity index (χ1) is 10.9. The number of halogens is 3. The third kappa shape index (κ3) is 2.93. The van der Waals surface area contributed by atoms with Gasteiger partial charge in [-0.15, -0.1) is 0 Å². The molecule has 8 heteroatoms.